The maximum Gasteiger partial charge on any atom is 0.338 e. The van der Waals surface area contributed by atoms with Crippen LogP contribution in [-0.2, 0) is 4.74 Å². The van der Waals surface area contributed by atoms with E-state index in [4.69, 9.17) is 28.4 Å². The summed E-state index contributed by atoms with van der Waals surface area (Å²) in [6.45, 7) is 5.63. The van der Waals surface area contributed by atoms with Gasteiger partial charge >= 0.3 is 5.97 Å². The van der Waals surface area contributed by atoms with Crippen LogP contribution in [0.25, 0.3) is 0 Å². The highest BCUT2D eigenvalue weighted by atomic mass is 35.5. The zero-order valence-electron chi connectivity index (χ0n) is 19.7. The van der Waals surface area contributed by atoms with Gasteiger partial charge in [-0.3, -0.25) is 0 Å². The van der Waals surface area contributed by atoms with Gasteiger partial charge < -0.3 is 50.6 Å². The SMILES string of the molecule is COc1cc(C(=O)OCCC[NH+]2CCN(c3ccc4c(c3)OCO4)CC2)cc(OC)c1OC.[Cl-]. The van der Waals surface area contributed by atoms with Crippen molar-refractivity contribution in [2.75, 3.05) is 72.4 Å². The first-order chi connectivity index (χ1) is 16.1. The molecule has 2 aromatic carbocycles. The monoisotopic (exact) mass is 494 g/mol. The smallest absolute Gasteiger partial charge is 0.338 e. The van der Waals surface area contributed by atoms with Crippen LogP contribution < -0.4 is 45.9 Å². The van der Waals surface area contributed by atoms with Crippen LogP contribution in [0.4, 0.5) is 5.69 Å². The van der Waals surface area contributed by atoms with Crippen LogP contribution >= 0.6 is 0 Å². The first kappa shape index (κ1) is 25.6. The van der Waals surface area contributed by atoms with E-state index in [9.17, 15) is 4.79 Å². The molecule has 0 bridgehead atoms. The summed E-state index contributed by atoms with van der Waals surface area (Å²) in [4.78, 5) is 16.4. The van der Waals surface area contributed by atoms with Gasteiger partial charge in [-0.2, -0.15) is 0 Å². The molecule has 0 radical (unpaired) electrons. The van der Waals surface area contributed by atoms with Gasteiger partial charge in [0.25, 0.3) is 0 Å². The summed E-state index contributed by atoms with van der Waals surface area (Å²) in [7, 11) is 4.55. The lowest BCUT2D eigenvalue weighted by Gasteiger charge is -2.33. The van der Waals surface area contributed by atoms with Crippen LogP contribution in [0.15, 0.2) is 30.3 Å². The summed E-state index contributed by atoms with van der Waals surface area (Å²) in [5.74, 6) is 2.51. The van der Waals surface area contributed by atoms with Gasteiger partial charge in [-0.25, -0.2) is 4.79 Å². The number of nitrogens with one attached hydrogen (secondary N) is 1. The largest absolute Gasteiger partial charge is 1.00 e. The highest BCUT2D eigenvalue weighted by molar-refractivity contribution is 5.91. The number of piperazine rings is 1. The number of rotatable bonds is 9. The van der Waals surface area contributed by atoms with E-state index in [-0.39, 0.29) is 12.4 Å². The lowest BCUT2D eigenvalue weighted by Crippen LogP contribution is -3.14. The van der Waals surface area contributed by atoms with Crippen LogP contribution in [-0.4, -0.2) is 73.4 Å². The lowest BCUT2D eigenvalue weighted by molar-refractivity contribution is -0.900. The van der Waals surface area contributed by atoms with Gasteiger partial charge in [0.1, 0.15) is 0 Å². The van der Waals surface area contributed by atoms with Crippen molar-refractivity contribution in [3.05, 3.63) is 35.9 Å². The van der Waals surface area contributed by atoms with Crippen LogP contribution in [0, 0.1) is 0 Å². The van der Waals surface area contributed by atoms with Crippen LogP contribution in [0.5, 0.6) is 28.7 Å². The van der Waals surface area contributed by atoms with Gasteiger partial charge in [0, 0.05) is 18.2 Å². The molecule has 1 N–H and O–H groups in total. The summed E-state index contributed by atoms with van der Waals surface area (Å²) in [6, 6.07) is 9.31. The van der Waals surface area contributed by atoms with Gasteiger partial charge in [-0.05, 0) is 24.3 Å². The van der Waals surface area contributed by atoms with E-state index in [2.05, 4.69) is 17.0 Å². The topological polar surface area (TPSA) is 80.1 Å². The Hall–Kier alpha value is -3.04. The highest BCUT2D eigenvalue weighted by Crippen LogP contribution is 2.38. The number of nitrogens with zero attached hydrogens (tertiary/aromatic N) is 1. The van der Waals surface area contributed by atoms with Gasteiger partial charge in [0.15, 0.2) is 23.0 Å². The molecule has 1 saturated heterocycles. The predicted octanol–water partition coefficient (Wildman–Crippen LogP) is -1.60. The number of hydrogen-bond acceptors (Lipinski definition) is 8. The molecule has 2 heterocycles. The molecule has 0 saturated carbocycles. The second kappa shape index (κ2) is 11.9. The Morgan fingerprint density at radius 2 is 1.65 bits per heavy atom. The third-order valence-corrected chi connectivity index (χ3v) is 6.00. The fourth-order valence-corrected chi connectivity index (χ4v) is 4.18. The maximum absolute atomic E-state index is 12.5. The van der Waals surface area contributed by atoms with Crippen molar-refractivity contribution in [2.45, 2.75) is 6.42 Å². The minimum Gasteiger partial charge on any atom is -1.00 e. The minimum atomic E-state index is -0.406. The van der Waals surface area contributed by atoms with E-state index in [1.54, 1.807) is 12.1 Å². The highest BCUT2D eigenvalue weighted by Gasteiger charge is 2.23. The molecule has 0 aliphatic carbocycles. The van der Waals surface area contributed by atoms with Gasteiger partial charge in [0.2, 0.25) is 12.5 Å². The van der Waals surface area contributed by atoms with Crippen molar-refractivity contribution in [2.24, 2.45) is 0 Å². The van der Waals surface area contributed by atoms with E-state index >= 15 is 0 Å². The third kappa shape index (κ3) is 5.71. The molecular weight excluding hydrogens is 464 g/mol. The zero-order chi connectivity index (χ0) is 23.2. The molecule has 186 valence electrons. The van der Waals surface area contributed by atoms with E-state index in [1.165, 1.54) is 26.2 Å². The predicted molar refractivity (Wildman–Crippen MR) is 121 cm³/mol. The Morgan fingerprint density at radius 1 is 0.971 bits per heavy atom. The third-order valence-electron chi connectivity index (χ3n) is 6.00. The zero-order valence-corrected chi connectivity index (χ0v) is 20.5. The number of ether oxygens (including phenoxy) is 6. The Labute approximate surface area is 205 Å². The molecule has 10 heteroatoms. The van der Waals surface area contributed by atoms with Crippen molar-refractivity contribution in [1.29, 1.82) is 0 Å². The van der Waals surface area contributed by atoms with E-state index in [0.717, 1.165) is 56.3 Å². The molecular formula is C24H31ClN2O7. The summed E-state index contributed by atoms with van der Waals surface area (Å²) >= 11 is 0. The van der Waals surface area contributed by atoms with Crippen molar-refractivity contribution in [3.8, 4) is 28.7 Å². The molecule has 0 atom stereocenters. The van der Waals surface area contributed by atoms with E-state index in [1.807, 2.05) is 6.07 Å². The van der Waals surface area contributed by atoms with Crippen molar-refractivity contribution in [1.82, 2.24) is 0 Å². The fraction of sp³-hybridized carbons (Fsp3) is 0.458. The van der Waals surface area contributed by atoms with Gasteiger partial charge in [-0.1, -0.05) is 0 Å². The Morgan fingerprint density at radius 3 is 2.29 bits per heavy atom. The lowest BCUT2D eigenvalue weighted by atomic mass is 10.2. The van der Waals surface area contributed by atoms with Crippen molar-refractivity contribution in [3.63, 3.8) is 0 Å². The molecule has 1 fully saturated rings. The standard InChI is InChI=1S/C24H30N2O7.ClH/c1-28-21-13-17(14-22(29-2)23(21)30-3)24(27)31-12-4-7-25-8-10-26(11-9-25)18-5-6-19-20(15-18)33-16-32-19;/h5-6,13-15H,4,7-12,16H2,1-3H3;1H. The number of fused-ring (bicyclic) bond motifs is 1. The van der Waals surface area contributed by atoms with Crippen molar-refractivity contribution < 1.29 is 50.5 Å². The number of benzene rings is 2. The Balaban J connectivity index is 0.00000324. The molecule has 0 aromatic heterocycles. The molecule has 9 nitrogen and oxygen atoms in total. The van der Waals surface area contributed by atoms with Gasteiger partial charge in [0.05, 0.1) is 66.2 Å². The number of esters is 1. The number of quaternary nitrogens is 1. The van der Waals surface area contributed by atoms with E-state index < -0.39 is 5.97 Å². The number of anilines is 1. The molecule has 34 heavy (non-hydrogen) atoms. The normalized spacial score (nSPS) is 14.9. The van der Waals surface area contributed by atoms with Crippen molar-refractivity contribution >= 4 is 11.7 Å². The quantitative estimate of drug-likeness (QED) is 0.330. The number of hydrogen-bond donors (Lipinski definition) is 1. The number of methoxy groups -OCH3 is 3. The first-order valence-electron chi connectivity index (χ1n) is 11.1. The van der Waals surface area contributed by atoms with Crippen LogP contribution in [0.3, 0.4) is 0 Å². The van der Waals surface area contributed by atoms with Gasteiger partial charge in [-0.15, -0.1) is 0 Å². The fourth-order valence-electron chi connectivity index (χ4n) is 4.18. The Kier molecular flexibility index (Phi) is 8.95. The molecule has 0 amide bonds. The molecule has 0 unspecified atom stereocenters. The summed E-state index contributed by atoms with van der Waals surface area (Å²) < 4.78 is 32.3. The molecule has 4 rings (SSSR count). The number of carbonyl (C=O) groups excluding carboxylic acids is 1. The van der Waals surface area contributed by atoms with Crippen LogP contribution in [0.2, 0.25) is 0 Å². The second-order valence-electron chi connectivity index (χ2n) is 7.93. The average Bonchev–Trinajstić information content (AvgIpc) is 3.34. The summed E-state index contributed by atoms with van der Waals surface area (Å²) in [5.41, 5.74) is 1.53. The number of carbonyl (C=O) groups is 1. The number of halogens is 1. The van der Waals surface area contributed by atoms with E-state index in [0.29, 0.717) is 36.2 Å². The molecule has 2 aromatic rings. The molecule has 0 spiro atoms. The first-order valence-corrected chi connectivity index (χ1v) is 11.1. The van der Waals surface area contributed by atoms with Crippen LogP contribution in [0.1, 0.15) is 16.8 Å². The average molecular weight is 495 g/mol. The summed E-state index contributed by atoms with van der Waals surface area (Å²) in [6.07, 6.45) is 0.801. The molecule has 2 aliphatic heterocycles. The Bertz CT molecular complexity index is 955. The second-order valence-corrected chi connectivity index (χ2v) is 7.93. The summed E-state index contributed by atoms with van der Waals surface area (Å²) in [5, 5.41) is 0. The maximum atomic E-state index is 12.5. The molecule has 2 aliphatic rings. The minimum absolute atomic E-state index is 0.